The van der Waals surface area contributed by atoms with Crippen LogP contribution in [-0.2, 0) is 6.54 Å². The number of hydrogen-bond donors (Lipinski definition) is 2. The predicted molar refractivity (Wildman–Crippen MR) is 91.8 cm³/mol. The molecule has 0 fully saturated rings. The highest BCUT2D eigenvalue weighted by molar-refractivity contribution is 7.81. The second kappa shape index (κ2) is 6.69. The van der Waals surface area contributed by atoms with E-state index in [2.05, 4.69) is 27.8 Å². The van der Waals surface area contributed by atoms with E-state index < -0.39 is 0 Å². The quantitative estimate of drug-likeness (QED) is 0.810. The van der Waals surface area contributed by atoms with Gasteiger partial charge in [-0.1, -0.05) is 24.9 Å². The number of nitrogens with zero attached hydrogens (tertiary/aromatic N) is 6. The van der Waals surface area contributed by atoms with Gasteiger partial charge in [-0.05, 0) is 17.7 Å². The minimum atomic E-state index is 0.250. The van der Waals surface area contributed by atoms with E-state index in [1.807, 2.05) is 43.1 Å². The number of phenolic OH excluding ortho intramolecular Hbond substituents is 1. The van der Waals surface area contributed by atoms with Gasteiger partial charge in [0.15, 0.2) is 0 Å². The Hall–Kier alpha value is -2.22. The molecule has 1 heterocycles. The van der Waals surface area contributed by atoms with Crippen molar-refractivity contribution in [2.75, 3.05) is 42.3 Å². The zero-order chi connectivity index (χ0) is 16.3. The van der Waals surface area contributed by atoms with Crippen LogP contribution in [0.5, 0.6) is 5.75 Å². The Morgan fingerprint density at radius 2 is 1.45 bits per heavy atom. The molecule has 1 N–H and O–H groups in total. The largest absolute Gasteiger partial charge is 0.508 e. The van der Waals surface area contributed by atoms with Crippen LogP contribution >= 0.6 is 12.8 Å². The first-order valence-corrected chi connectivity index (χ1v) is 7.12. The number of phenols is 1. The van der Waals surface area contributed by atoms with Crippen molar-refractivity contribution in [3.63, 3.8) is 0 Å². The van der Waals surface area contributed by atoms with E-state index in [1.165, 1.54) is 0 Å². The van der Waals surface area contributed by atoms with Crippen LogP contribution in [0.4, 0.5) is 17.8 Å². The topological polar surface area (TPSA) is 68.6 Å². The fraction of sp³-hybridized carbons (Fsp3) is 0.357. The van der Waals surface area contributed by atoms with Crippen molar-refractivity contribution in [3.05, 3.63) is 29.8 Å². The van der Waals surface area contributed by atoms with E-state index in [-0.39, 0.29) is 5.75 Å². The van der Waals surface area contributed by atoms with Crippen LogP contribution < -0.4 is 14.1 Å². The van der Waals surface area contributed by atoms with Crippen molar-refractivity contribution >= 4 is 30.7 Å². The number of rotatable bonds is 5. The Kier molecular flexibility index (Phi) is 4.92. The first-order chi connectivity index (χ1) is 10.4. The Morgan fingerprint density at radius 1 is 0.909 bits per heavy atom. The molecule has 8 heteroatoms. The lowest BCUT2D eigenvalue weighted by atomic mass is 10.2. The van der Waals surface area contributed by atoms with E-state index in [0.717, 1.165) is 5.56 Å². The number of benzene rings is 1. The Balaban J connectivity index is 2.27. The summed E-state index contributed by atoms with van der Waals surface area (Å²) in [6.45, 7) is 0.618. The van der Waals surface area contributed by atoms with Gasteiger partial charge >= 0.3 is 0 Å². The smallest absolute Gasteiger partial charge is 0.241 e. The Morgan fingerprint density at radius 3 is 2.00 bits per heavy atom. The molecule has 2 aromatic rings. The molecule has 1 aromatic heterocycles. The number of aromatic nitrogens is 3. The summed E-state index contributed by atoms with van der Waals surface area (Å²) < 4.78 is 1.55. The minimum Gasteiger partial charge on any atom is -0.508 e. The van der Waals surface area contributed by atoms with Crippen LogP contribution in [0, 0.1) is 0 Å². The number of hydrogen-bond acceptors (Lipinski definition) is 8. The van der Waals surface area contributed by atoms with Gasteiger partial charge in [-0.15, -0.1) is 0 Å². The molecule has 22 heavy (non-hydrogen) atoms. The molecular weight excluding hydrogens is 300 g/mol. The molecule has 1 aromatic carbocycles. The summed E-state index contributed by atoms with van der Waals surface area (Å²) in [4.78, 5) is 16.9. The third-order valence-electron chi connectivity index (χ3n) is 2.99. The molecule has 0 radical (unpaired) electrons. The fourth-order valence-corrected chi connectivity index (χ4v) is 1.89. The number of anilines is 3. The van der Waals surface area contributed by atoms with Crippen molar-refractivity contribution in [2.45, 2.75) is 6.54 Å². The highest BCUT2D eigenvalue weighted by Gasteiger charge is 2.13. The molecule has 0 saturated carbocycles. The van der Waals surface area contributed by atoms with Crippen molar-refractivity contribution in [1.82, 2.24) is 15.0 Å². The standard InChI is InChI=1S/C14H20N6OS/c1-18(2)12-15-13(17-14(16-12)20(4)22)19(3)9-10-5-7-11(21)8-6-10/h5-8,21-22H,9H2,1-4H3. The third-order valence-corrected chi connectivity index (χ3v) is 3.17. The summed E-state index contributed by atoms with van der Waals surface area (Å²) in [6, 6.07) is 7.06. The molecule has 7 nitrogen and oxygen atoms in total. The fourth-order valence-electron chi connectivity index (χ4n) is 1.80. The number of aromatic hydroxyl groups is 1. The van der Waals surface area contributed by atoms with Crippen LogP contribution in [0.2, 0.25) is 0 Å². The van der Waals surface area contributed by atoms with E-state index in [1.54, 1.807) is 23.5 Å². The molecule has 0 aliphatic heterocycles. The van der Waals surface area contributed by atoms with Crippen LogP contribution in [0.25, 0.3) is 0 Å². The first kappa shape index (κ1) is 16.2. The van der Waals surface area contributed by atoms with Crippen molar-refractivity contribution < 1.29 is 5.11 Å². The summed E-state index contributed by atoms with van der Waals surface area (Å²) >= 11 is 4.25. The first-order valence-electron chi connectivity index (χ1n) is 6.72. The number of thiol groups is 1. The van der Waals surface area contributed by atoms with E-state index in [0.29, 0.717) is 24.4 Å². The van der Waals surface area contributed by atoms with Crippen molar-refractivity contribution in [1.29, 1.82) is 0 Å². The third kappa shape index (κ3) is 3.91. The second-order valence-electron chi connectivity index (χ2n) is 5.18. The second-order valence-corrected chi connectivity index (χ2v) is 5.78. The molecule has 2 rings (SSSR count). The van der Waals surface area contributed by atoms with Gasteiger partial charge in [0.1, 0.15) is 5.75 Å². The van der Waals surface area contributed by atoms with Gasteiger partial charge in [-0.2, -0.15) is 15.0 Å². The molecule has 118 valence electrons. The Labute approximate surface area is 135 Å². The molecule has 0 unspecified atom stereocenters. The highest BCUT2D eigenvalue weighted by atomic mass is 32.1. The van der Waals surface area contributed by atoms with Gasteiger partial charge < -0.3 is 14.9 Å². The summed E-state index contributed by atoms with van der Waals surface area (Å²) in [5.41, 5.74) is 1.05. The molecule has 0 amide bonds. The molecule has 0 aliphatic carbocycles. The zero-order valence-electron chi connectivity index (χ0n) is 13.1. The summed E-state index contributed by atoms with van der Waals surface area (Å²) in [6.07, 6.45) is 0. The average molecular weight is 320 g/mol. The maximum absolute atomic E-state index is 9.34. The lowest BCUT2D eigenvalue weighted by molar-refractivity contribution is 0.475. The van der Waals surface area contributed by atoms with Crippen LogP contribution in [0.15, 0.2) is 24.3 Å². The molecule has 0 saturated heterocycles. The molecule has 0 aliphatic rings. The highest BCUT2D eigenvalue weighted by Crippen LogP contribution is 2.19. The molecular formula is C14H20N6OS. The van der Waals surface area contributed by atoms with Gasteiger partial charge in [0.05, 0.1) is 0 Å². The lowest BCUT2D eigenvalue weighted by Crippen LogP contribution is -2.23. The van der Waals surface area contributed by atoms with Crippen LogP contribution in [0.3, 0.4) is 0 Å². The van der Waals surface area contributed by atoms with Crippen molar-refractivity contribution in [2.24, 2.45) is 0 Å². The normalized spacial score (nSPS) is 10.4. The molecule has 0 spiro atoms. The van der Waals surface area contributed by atoms with Gasteiger partial charge in [0, 0.05) is 34.7 Å². The van der Waals surface area contributed by atoms with E-state index in [9.17, 15) is 5.11 Å². The molecule has 0 atom stereocenters. The summed E-state index contributed by atoms with van der Waals surface area (Å²) in [5.74, 6) is 1.86. The zero-order valence-corrected chi connectivity index (χ0v) is 14.0. The SMILES string of the molecule is CN(C)c1nc(N(C)S)nc(N(C)Cc2ccc(O)cc2)n1. The van der Waals surface area contributed by atoms with Gasteiger partial charge in [0.25, 0.3) is 0 Å². The van der Waals surface area contributed by atoms with Crippen LogP contribution in [0.1, 0.15) is 5.56 Å². The van der Waals surface area contributed by atoms with Crippen LogP contribution in [-0.4, -0.2) is 48.2 Å². The van der Waals surface area contributed by atoms with Crippen molar-refractivity contribution in [3.8, 4) is 5.75 Å². The predicted octanol–water partition coefficient (Wildman–Crippen LogP) is 1.56. The van der Waals surface area contributed by atoms with E-state index >= 15 is 0 Å². The monoisotopic (exact) mass is 320 g/mol. The summed E-state index contributed by atoms with van der Waals surface area (Å²) in [5, 5.41) is 9.34. The average Bonchev–Trinajstić information content (AvgIpc) is 2.49. The summed E-state index contributed by atoms with van der Waals surface area (Å²) in [7, 11) is 7.42. The molecule has 0 bridgehead atoms. The maximum atomic E-state index is 9.34. The van der Waals surface area contributed by atoms with Gasteiger partial charge in [0.2, 0.25) is 17.8 Å². The maximum Gasteiger partial charge on any atom is 0.241 e. The van der Waals surface area contributed by atoms with E-state index in [4.69, 9.17) is 0 Å². The lowest BCUT2D eigenvalue weighted by Gasteiger charge is -2.21. The van der Waals surface area contributed by atoms with Gasteiger partial charge in [-0.3, -0.25) is 4.31 Å². The Bertz CT molecular complexity index is 605. The van der Waals surface area contributed by atoms with Gasteiger partial charge in [-0.25, -0.2) is 0 Å². The minimum absolute atomic E-state index is 0.250.